The van der Waals surface area contributed by atoms with Gasteiger partial charge in [0.25, 0.3) is 5.92 Å². The van der Waals surface area contributed by atoms with Gasteiger partial charge in [0, 0.05) is 12.8 Å². The van der Waals surface area contributed by atoms with Crippen LogP contribution in [0.2, 0.25) is 0 Å². The average Bonchev–Trinajstić information content (AvgIpc) is 2.39. The minimum Gasteiger partial charge on any atom is -0.350 e. The Bertz CT molecular complexity index is 584. The molecule has 0 fully saturated rings. The summed E-state index contributed by atoms with van der Waals surface area (Å²) < 4.78 is 40.6. The molecular formula is C13H11F3N3O2. The van der Waals surface area contributed by atoms with Crippen molar-refractivity contribution in [2.75, 3.05) is 0 Å². The molecule has 1 radical (unpaired) electrons. The number of imide groups is 1. The van der Waals surface area contributed by atoms with Crippen molar-refractivity contribution in [2.24, 2.45) is 5.73 Å². The SMILES string of the molecule is N#CN(C(N)=O)C(=O)[CH]CC(F)(F)Cc1ccccc1F. The molecule has 0 bridgehead atoms. The van der Waals surface area contributed by atoms with E-state index in [-0.39, 0.29) is 10.5 Å². The van der Waals surface area contributed by atoms with Crippen LogP contribution in [-0.2, 0) is 11.2 Å². The van der Waals surface area contributed by atoms with Crippen molar-refractivity contribution >= 4 is 11.9 Å². The van der Waals surface area contributed by atoms with Crippen LogP contribution in [0, 0.1) is 23.7 Å². The van der Waals surface area contributed by atoms with Crippen molar-refractivity contribution in [3.63, 3.8) is 0 Å². The van der Waals surface area contributed by atoms with Crippen molar-refractivity contribution in [1.82, 2.24) is 4.90 Å². The first-order valence-corrected chi connectivity index (χ1v) is 5.74. The third-order valence-corrected chi connectivity index (χ3v) is 2.52. The molecule has 0 aliphatic heterocycles. The molecule has 21 heavy (non-hydrogen) atoms. The van der Waals surface area contributed by atoms with Crippen LogP contribution in [-0.4, -0.2) is 22.8 Å². The van der Waals surface area contributed by atoms with E-state index in [4.69, 9.17) is 11.0 Å². The highest BCUT2D eigenvalue weighted by Gasteiger charge is 2.32. The van der Waals surface area contributed by atoms with Gasteiger partial charge in [0.15, 0.2) is 6.19 Å². The molecule has 3 amide bonds. The second-order valence-electron chi connectivity index (χ2n) is 4.14. The molecule has 0 unspecified atom stereocenters. The first-order valence-electron chi connectivity index (χ1n) is 5.74. The number of hydrogen-bond acceptors (Lipinski definition) is 3. The Balaban J connectivity index is 2.65. The third kappa shape index (κ3) is 4.80. The first-order chi connectivity index (χ1) is 9.76. The summed E-state index contributed by atoms with van der Waals surface area (Å²) in [4.78, 5) is 21.9. The maximum atomic E-state index is 13.7. The van der Waals surface area contributed by atoms with Crippen LogP contribution in [0.3, 0.4) is 0 Å². The molecular weight excluding hydrogens is 287 g/mol. The Labute approximate surface area is 118 Å². The van der Waals surface area contributed by atoms with Gasteiger partial charge in [-0.05, 0) is 11.6 Å². The number of nitriles is 1. The number of primary amides is 1. The number of urea groups is 1. The Kier molecular flexibility index (Phi) is 5.30. The number of hydrogen-bond donors (Lipinski definition) is 1. The number of rotatable bonds is 5. The highest BCUT2D eigenvalue weighted by Crippen LogP contribution is 2.26. The number of carbonyl (C=O) groups is 2. The number of halogens is 3. The number of alkyl halides is 2. The molecule has 0 heterocycles. The topological polar surface area (TPSA) is 87.2 Å². The number of nitrogens with two attached hydrogens (primary N) is 1. The fraction of sp³-hybridized carbons (Fsp3) is 0.231. The zero-order valence-electron chi connectivity index (χ0n) is 10.7. The number of benzene rings is 1. The van der Waals surface area contributed by atoms with E-state index in [9.17, 15) is 22.8 Å². The van der Waals surface area contributed by atoms with Gasteiger partial charge in [-0.1, -0.05) is 18.2 Å². The molecule has 1 rings (SSSR count). The lowest BCUT2D eigenvalue weighted by Gasteiger charge is -2.17. The normalized spacial score (nSPS) is 10.8. The Morgan fingerprint density at radius 3 is 2.52 bits per heavy atom. The van der Waals surface area contributed by atoms with E-state index in [0.29, 0.717) is 6.42 Å². The van der Waals surface area contributed by atoms with E-state index in [1.54, 1.807) is 0 Å². The van der Waals surface area contributed by atoms with Crippen molar-refractivity contribution in [1.29, 1.82) is 5.26 Å². The lowest BCUT2D eigenvalue weighted by molar-refractivity contribution is -0.123. The monoisotopic (exact) mass is 298 g/mol. The van der Waals surface area contributed by atoms with Crippen LogP contribution in [0.4, 0.5) is 18.0 Å². The predicted octanol–water partition coefficient (Wildman–Crippen LogP) is 1.99. The van der Waals surface area contributed by atoms with Gasteiger partial charge in [-0.25, -0.2) is 18.0 Å². The van der Waals surface area contributed by atoms with E-state index in [1.807, 2.05) is 0 Å². The summed E-state index contributed by atoms with van der Waals surface area (Å²) in [6.07, 6.45) is -0.324. The fourth-order valence-corrected chi connectivity index (χ4v) is 1.53. The standard InChI is InChI=1S/C13H11F3N3O2/c14-10-4-2-1-3-9(10)7-13(15,16)6-5-11(20)19(8-17)12(18)21/h1-5H,6-7H2,(H2,18,21). The molecule has 0 aromatic heterocycles. The van der Waals surface area contributed by atoms with Gasteiger partial charge in [-0.3, -0.25) is 4.79 Å². The lowest BCUT2D eigenvalue weighted by atomic mass is 10.0. The maximum Gasteiger partial charge on any atom is 0.335 e. The van der Waals surface area contributed by atoms with Crippen LogP contribution < -0.4 is 5.73 Å². The molecule has 0 saturated heterocycles. The highest BCUT2D eigenvalue weighted by atomic mass is 19.3. The van der Waals surface area contributed by atoms with Gasteiger partial charge in [0.05, 0.1) is 6.42 Å². The van der Waals surface area contributed by atoms with Crippen LogP contribution in [0.25, 0.3) is 0 Å². The Morgan fingerprint density at radius 1 is 1.38 bits per heavy atom. The van der Waals surface area contributed by atoms with Crippen LogP contribution in [0.1, 0.15) is 12.0 Å². The predicted molar refractivity (Wildman–Crippen MR) is 66.0 cm³/mol. The molecule has 2 N–H and O–H groups in total. The zero-order chi connectivity index (χ0) is 16.0. The summed E-state index contributed by atoms with van der Waals surface area (Å²) in [6.45, 7) is 0. The minimum atomic E-state index is -3.41. The molecule has 0 saturated carbocycles. The minimum absolute atomic E-state index is 0.0564. The van der Waals surface area contributed by atoms with Gasteiger partial charge in [-0.15, -0.1) is 0 Å². The fourth-order valence-electron chi connectivity index (χ4n) is 1.53. The Morgan fingerprint density at radius 2 is 2.00 bits per heavy atom. The molecule has 0 atom stereocenters. The van der Waals surface area contributed by atoms with Gasteiger partial charge in [-0.2, -0.15) is 10.2 Å². The van der Waals surface area contributed by atoms with Crippen molar-refractivity contribution < 1.29 is 22.8 Å². The Hall–Kier alpha value is -2.56. The zero-order valence-corrected chi connectivity index (χ0v) is 10.7. The molecule has 8 heteroatoms. The highest BCUT2D eigenvalue weighted by molar-refractivity contribution is 5.99. The summed E-state index contributed by atoms with van der Waals surface area (Å²) in [5.74, 6) is -5.44. The summed E-state index contributed by atoms with van der Waals surface area (Å²) in [7, 11) is 0. The van der Waals surface area contributed by atoms with Gasteiger partial charge >= 0.3 is 6.03 Å². The average molecular weight is 298 g/mol. The van der Waals surface area contributed by atoms with Crippen molar-refractivity contribution in [3.8, 4) is 6.19 Å². The van der Waals surface area contributed by atoms with E-state index in [2.05, 4.69) is 0 Å². The van der Waals surface area contributed by atoms with Crippen molar-refractivity contribution in [2.45, 2.75) is 18.8 Å². The summed E-state index contributed by atoms with van der Waals surface area (Å²) in [5, 5.41) is 8.47. The quantitative estimate of drug-likeness (QED) is 0.666. The van der Waals surface area contributed by atoms with Crippen LogP contribution in [0.15, 0.2) is 24.3 Å². The molecule has 5 nitrogen and oxygen atoms in total. The molecule has 0 aliphatic carbocycles. The van der Waals surface area contributed by atoms with E-state index in [1.165, 1.54) is 24.4 Å². The van der Waals surface area contributed by atoms with E-state index >= 15 is 0 Å². The van der Waals surface area contributed by atoms with Crippen molar-refractivity contribution in [3.05, 3.63) is 42.1 Å². The summed E-state index contributed by atoms with van der Waals surface area (Å²) >= 11 is 0. The van der Waals surface area contributed by atoms with E-state index in [0.717, 1.165) is 6.07 Å². The largest absolute Gasteiger partial charge is 0.350 e. The smallest absolute Gasteiger partial charge is 0.335 e. The molecule has 0 spiro atoms. The third-order valence-electron chi connectivity index (χ3n) is 2.52. The number of amides is 3. The van der Waals surface area contributed by atoms with Gasteiger partial charge in [0.2, 0.25) is 5.91 Å². The summed E-state index contributed by atoms with van der Waals surface area (Å²) in [6, 6.07) is 3.66. The molecule has 1 aromatic carbocycles. The molecule has 0 aliphatic rings. The molecule has 111 valence electrons. The first kappa shape index (κ1) is 16.5. The van der Waals surface area contributed by atoms with Gasteiger partial charge < -0.3 is 5.73 Å². The van der Waals surface area contributed by atoms with Crippen LogP contribution >= 0.6 is 0 Å². The van der Waals surface area contributed by atoms with E-state index < -0.39 is 36.5 Å². The van der Waals surface area contributed by atoms with Crippen LogP contribution in [0.5, 0.6) is 0 Å². The number of nitrogens with zero attached hydrogens (tertiary/aromatic N) is 2. The molecule has 1 aromatic rings. The summed E-state index contributed by atoms with van der Waals surface area (Å²) in [5.41, 5.74) is 4.52. The second-order valence-corrected chi connectivity index (χ2v) is 4.14. The maximum absolute atomic E-state index is 13.7. The van der Waals surface area contributed by atoms with Gasteiger partial charge in [0.1, 0.15) is 5.82 Å². The number of carbonyl (C=O) groups excluding carboxylic acids is 2. The second kappa shape index (κ2) is 6.74. The lowest BCUT2D eigenvalue weighted by Crippen LogP contribution is -2.38.